The summed E-state index contributed by atoms with van der Waals surface area (Å²) >= 11 is 0. The molecule has 16 heavy (non-hydrogen) atoms. The average Bonchev–Trinajstić information content (AvgIpc) is 2.94. The van der Waals surface area contributed by atoms with Gasteiger partial charge in [-0.1, -0.05) is 6.92 Å². The molecule has 94 valence electrons. The number of amides is 2. The highest BCUT2D eigenvalue weighted by molar-refractivity contribution is 5.89. The number of nitrogens with two attached hydrogens (primary N) is 1. The van der Waals surface area contributed by atoms with Crippen LogP contribution in [0.2, 0.25) is 0 Å². The predicted molar refractivity (Wildman–Crippen MR) is 64.3 cm³/mol. The van der Waals surface area contributed by atoms with Gasteiger partial charge in [0.1, 0.15) is 0 Å². The molecule has 0 unspecified atom stereocenters. The van der Waals surface area contributed by atoms with Gasteiger partial charge in [-0.3, -0.25) is 9.59 Å². The van der Waals surface area contributed by atoms with Crippen LogP contribution in [0.25, 0.3) is 0 Å². The molecule has 6 heteroatoms. The maximum Gasteiger partial charge on any atom is 0.240 e. The van der Waals surface area contributed by atoms with Crippen molar-refractivity contribution in [3.05, 3.63) is 0 Å². The van der Waals surface area contributed by atoms with Crippen LogP contribution >= 0.6 is 12.4 Å². The lowest BCUT2D eigenvalue weighted by atomic mass is 10.2. The molecule has 2 amide bonds. The van der Waals surface area contributed by atoms with Crippen LogP contribution in [0.1, 0.15) is 32.6 Å². The number of hydrogen-bond acceptors (Lipinski definition) is 3. The average molecular weight is 250 g/mol. The highest BCUT2D eigenvalue weighted by atomic mass is 35.5. The van der Waals surface area contributed by atoms with Gasteiger partial charge in [0.05, 0.1) is 5.54 Å². The summed E-state index contributed by atoms with van der Waals surface area (Å²) in [5.74, 6) is -0.162. The Morgan fingerprint density at radius 3 is 2.38 bits per heavy atom. The molecule has 1 saturated carbocycles. The largest absolute Gasteiger partial charge is 0.356 e. The maximum atomic E-state index is 11.4. The Morgan fingerprint density at radius 1 is 1.25 bits per heavy atom. The summed E-state index contributed by atoms with van der Waals surface area (Å²) in [6.07, 6.45) is 2.74. The number of carbonyl (C=O) groups excluding carboxylic acids is 2. The zero-order chi connectivity index (χ0) is 11.3. The van der Waals surface area contributed by atoms with Gasteiger partial charge in [0.2, 0.25) is 11.8 Å². The maximum absolute atomic E-state index is 11.4. The summed E-state index contributed by atoms with van der Waals surface area (Å²) in [7, 11) is 0. The molecular formula is C10H20ClN3O2. The lowest BCUT2D eigenvalue weighted by Crippen LogP contribution is -2.43. The molecule has 0 radical (unpaired) electrons. The molecule has 0 saturated heterocycles. The second-order valence-electron chi connectivity index (χ2n) is 4.01. The Hall–Kier alpha value is -0.810. The Bertz CT molecular complexity index is 254. The van der Waals surface area contributed by atoms with E-state index >= 15 is 0 Å². The zero-order valence-electron chi connectivity index (χ0n) is 9.54. The highest BCUT2D eigenvalue weighted by Gasteiger charge is 2.45. The normalized spacial score (nSPS) is 15.9. The summed E-state index contributed by atoms with van der Waals surface area (Å²) in [6.45, 7) is 3.05. The molecule has 0 aliphatic heterocycles. The standard InChI is InChI=1S/C10H19N3O2.ClH/c1-2-6-12-8(14)3-7-13-9(15)10(11)4-5-10;/h2-7,11H2,1H3,(H,12,14)(H,13,15);1H. The van der Waals surface area contributed by atoms with E-state index in [0.717, 1.165) is 19.3 Å². The Labute approximate surface area is 102 Å². The van der Waals surface area contributed by atoms with Crippen molar-refractivity contribution in [1.82, 2.24) is 10.6 Å². The van der Waals surface area contributed by atoms with Crippen molar-refractivity contribution in [2.75, 3.05) is 13.1 Å². The fourth-order valence-corrected chi connectivity index (χ4v) is 1.18. The van der Waals surface area contributed by atoms with E-state index in [-0.39, 0.29) is 24.2 Å². The first-order valence-electron chi connectivity index (χ1n) is 5.42. The van der Waals surface area contributed by atoms with Gasteiger partial charge in [-0.15, -0.1) is 12.4 Å². The third-order valence-corrected chi connectivity index (χ3v) is 2.45. The highest BCUT2D eigenvalue weighted by Crippen LogP contribution is 2.31. The fourth-order valence-electron chi connectivity index (χ4n) is 1.18. The molecule has 1 rings (SSSR count). The molecule has 0 atom stereocenters. The van der Waals surface area contributed by atoms with E-state index < -0.39 is 5.54 Å². The minimum absolute atomic E-state index is 0. The van der Waals surface area contributed by atoms with Gasteiger partial charge >= 0.3 is 0 Å². The van der Waals surface area contributed by atoms with Crippen molar-refractivity contribution in [3.63, 3.8) is 0 Å². The minimum atomic E-state index is -0.639. The lowest BCUT2D eigenvalue weighted by Gasteiger charge is -2.09. The van der Waals surface area contributed by atoms with E-state index in [1.165, 1.54) is 0 Å². The van der Waals surface area contributed by atoms with Crippen LogP contribution in [-0.4, -0.2) is 30.4 Å². The molecule has 0 aromatic carbocycles. The van der Waals surface area contributed by atoms with Crippen LogP contribution in [0.3, 0.4) is 0 Å². The molecule has 5 nitrogen and oxygen atoms in total. The fraction of sp³-hybridized carbons (Fsp3) is 0.800. The Morgan fingerprint density at radius 2 is 1.88 bits per heavy atom. The van der Waals surface area contributed by atoms with Gasteiger partial charge < -0.3 is 16.4 Å². The molecule has 4 N–H and O–H groups in total. The quantitative estimate of drug-likeness (QED) is 0.616. The molecule has 1 aliphatic carbocycles. The van der Waals surface area contributed by atoms with Gasteiger partial charge in [-0.25, -0.2) is 0 Å². The van der Waals surface area contributed by atoms with Gasteiger partial charge in [0, 0.05) is 19.5 Å². The smallest absolute Gasteiger partial charge is 0.240 e. The molecule has 1 fully saturated rings. The van der Waals surface area contributed by atoms with Crippen molar-refractivity contribution in [1.29, 1.82) is 0 Å². The van der Waals surface area contributed by atoms with E-state index in [1.807, 2.05) is 6.92 Å². The van der Waals surface area contributed by atoms with Gasteiger partial charge in [-0.05, 0) is 19.3 Å². The van der Waals surface area contributed by atoms with Gasteiger partial charge in [0.25, 0.3) is 0 Å². The molecule has 0 heterocycles. The number of rotatable bonds is 6. The van der Waals surface area contributed by atoms with E-state index in [2.05, 4.69) is 10.6 Å². The summed E-state index contributed by atoms with van der Waals surface area (Å²) in [4.78, 5) is 22.5. The van der Waals surface area contributed by atoms with Crippen LogP contribution in [-0.2, 0) is 9.59 Å². The van der Waals surface area contributed by atoms with Crippen molar-refractivity contribution in [2.45, 2.75) is 38.1 Å². The number of nitrogens with one attached hydrogen (secondary N) is 2. The first-order chi connectivity index (χ1) is 7.08. The summed E-state index contributed by atoms with van der Waals surface area (Å²) in [6, 6.07) is 0. The summed E-state index contributed by atoms with van der Waals surface area (Å²) in [5, 5.41) is 5.41. The summed E-state index contributed by atoms with van der Waals surface area (Å²) < 4.78 is 0. The van der Waals surface area contributed by atoms with Crippen LogP contribution in [0.15, 0.2) is 0 Å². The van der Waals surface area contributed by atoms with Crippen molar-refractivity contribution >= 4 is 24.2 Å². The topological polar surface area (TPSA) is 84.2 Å². The third kappa shape index (κ3) is 4.81. The first-order valence-corrected chi connectivity index (χ1v) is 5.42. The molecule has 0 aromatic heterocycles. The van der Waals surface area contributed by atoms with Crippen molar-refractivity contribution in [2.24, 2.45) is 5.73 Å². The Balaban J connectivity index is 0.00000225. The second kappa shape index (κ2) is 6.70. The van der Waals surface area contributed by atoms with Gasteiger partial charge in [0.15, 0.2) is 0 Å². The monoisotopic (exact) mass is 249 g/mol. The number of carbonyl (C=O) groups is 2. The van der Waals surface area contributed by atoms with Crippen LogP contribution in [0.5, 0.6) is 0 Å². The first kappa shape index (κ1) is 15.2. The SMILES string of the molecule is CCCNC(=O)CCNC(=O)C1(N)CC1.Cl. The molecule has 0 spiro atoms. The number of hydrogen-bond donors (Lipinski definition) is 3. The van der Waals surface area contributed by atoms with Crippen molar-refractivity contribution in [3.8, 4) is 0 Å². The van der Waals surface area contributed by atoms with Crippen LogP contribution < -0.4 is 16.4 Å². The predicted octanol–water partition coefficient (Wildman–Crippen LogP) is -0.0680. The van der Waals surface area contributed by atoms with E-state index in [4.69, 9.17) is 5.73 Å². The van der Waals surface area contributed by atoms with Crippen molar-refractivity contribution < 1.29 is 9.59 Å². The van der Waals surface area contributed by atoms with Crippen LogP contribution in [0.4, 0.5) is 0 Å². The van der Waals surface area contributed by atoms with E-state index in [0.29, 0.717) is 19.5 Å². The Kier molecular flexibility index (Phi) is 6.36. The van der Waals surface area contributed by atoms with E-state index in [1.54, 1.807) is 0 Å². The second-order valence-corrected chi connectivity index (χ2v) is 4.01. The number of halogens is 1. The van der Waals surface area contributed by atoms with Crippen LogP contribution in [0, 0.1) is 0 Å². The van der Waals surface area contributed by atoms with Gasteiger partial charge in [-0.2, -0.15) is 0 Å². The molecule has 0 aromatic rings. The molecular weight excluding hydrogens is 230 g/mol. The zero-order valence-corrected chi connectivity index (χ0v) is 10.4. The minimum Gasteiger partial charge on any atom is -0.356 e. The summed E-state index contributed by atoms with van der Waals surface area (Å²) in [5.41, 5.74) is 5.04. The lowest BCUT2D eigenvalue weighted by molar-refractivity contribution is -0.123. The molecule has 1 aliphatic rings. The third-order valence-electron chi connectivity index (χ3n) is 2.45. The molecule has 0 bridgehead atoms. The van der Waals surface area contributed by atoms with E-state index in [9.17, 15) is 9.59 Å².